The SMILES string of the molecule is Nc1cc2c(c3c1N=CN=3)=CC=N2. The summed E-state index contributed by atoms with van der Waals surface area (Å²) in [6, 6.07) is 1.83. The molecule has 0 aliphatic carbocycles. The van der Waals surface area contributed by atoms with Gasteiger partial charge in [0.15, 0.2) is 0 Å². The van der Waals surface area contributed by atoms with Crippen LogP contribution in [0.2, 0.25) is 0 Å². The van der Waals surface area contributed by atoms with Crippen LogP contribution in [0.1, 0.15) is 0 Å². The molecule has 62 valence electrons. The first kappa shape index (κ1) is 6.54. The number of rotatable bonds is 0. The number of nitrogens with zero attached hydrogens (tertiary/aromatic N) is 3. The van der Waals surface area contributed by atoms with E-state index in [1.54, 1.807) is 6.21 Å². The first-order valence-electron chi connectivity index (χ1n) is 3.93. The zero-order valence-electron chi connectivity index (χ0n) is 6.73. The molecule has 0 radical (unpaired) electrons. The van der Waals surface area contributed by atoms with Crippen LogP contribution in [0.25, 0.3) is 6.08 Å². The summed E-state index contributed by atoms with van der Waals surface area (Å²) in [4.78, 5) is 12.4. The van der Waals surface area contributed by atoms with Crippen molar-refractivity contribution < 1.29 is 0 Å². The van der Waals surface area contributed by atoms with E-state index in [1.165, 1.54) is 6.34 Å². The number of anilines is 1. The van der Waals surface area contributed by atoms with Gasteiger partial charge in [0, 0.05) is 11.4 Å². The summed E-state index contributed by atoms with van der Waals surface area (Å²) in [7, 11) is 0. The highest BCUT2D eigenvalue weighted by molar-refractivity contribution is 5.98. The minimum Gasteiger partial charge on any atom is -0.397 e. The van der Waals surface area contributed by atoms with Crippen molar-refractivity contribution in [1.29, 1.82) is 0 Å². The van der Waals surface area contributed by atoms with Crippen molar-refractivity contribution in [2.45, 2.75) is 0 Å². The number of nitrogen functional groups attached to an aromatic ring is 1. The summed E-state index contributed by atoms with van der Waals surface area (Å²) < 4.78 is 0. The molecule has 0 aromatic heterocycles. The van der Waals surface area contributed by atoms with Crippen LogP contribution in [0, 0.1) is 0 Å². The summed E-state index contributed by atoms with van der Waals surface area (Å²) in [5.74, 6) is 0. The van der Waals surface area contributed by atoms with E-state index in [2.05, 4.69) is 15.0 Å². The van der Waals surface area contributed by atoms with Gasteiger partial charge in [-0.2, -0.15) is 0 Å². The lowest BCUT2D eigenvalue weighted by Gasteiger charge is -1.98. The van der Waals surface area contributed by atoms with Gasteiger partial charge in [-0.05, 0) is 12.1 Å². The highest BCUT2D eigenvalue weighted by atomic mass is 14.9. The zero-order valence-corrected chi connectivity index (χ0v) is 6.73. The van der Waals surface area contributed by atoms with E-state index >= 15 is 0 Å². The summed E-state index contributed by atoms with van der Waals surface area (Å²) in [6.45, 7) is 0. The van der Waals surface area contributed by atoms with Crippen LogP contribution in [0.3, 0.4) is 0 Å². The van der Waals surface area contributed by atoms with E-state index in [0.717, 1.165) is 22.0 Å². The van der Waals surface area contributed by atoms with Gasteiger partial charge in [-0.15, -0.1) is 0 Å². The van der Waals surface area contributed by atoms with E-state index in [0.29, 0.717) is 5.69 Å². The van der Waals surface area contributed by atoms with Crippen LogP contribution in [0.15, 0.2) is 21.0 Å². The molecule has 0 saturated heterocycles. The Morgan fingerprint density at radius 2 is 2.15 bits per heavy atom. The van der Waals surface area contributed by atoms with Crippen molar-refractivity contribution in [3.63, 3.8) is 0 Å². The van der Waals surface area contributed by atoms with Crippen molar-refractivity contribution in [2.75, 3.05) is 5.73 Å². The van der Waals surface area contributed by atoms with Gasteiger partial charge in [-0.3, -0.25) is 4.99 Å². The Labute approximate surface area is 73.9 Å². The standard InChI is InChI=1S/C9H6N4/c10-6-3-7-5(1-2-11-7)8-9(6)13-4-12-8/h1-4H,10H2. The maximum absolute atomic E-state index is 5.78. The fraction of sp³-hybridized carbons (Fsp3) is 0. The third-order valence-corrected chi connectivity index (χ3v) is 2.15. The van der Waals surface area contributed by atoms with E-state index in [1.807, 2.05) is 12.1 Å². The maximum atomic E-state index is 5.78. The molecule has 2 aliphatic heterocycles. The van der Waals surface area contributed by atoms with Gasteiger partial charge < -0.3 is 5.73 Å². The Bertz CT molecular complexity index is 566. The van der Waals surface area contributed by atoms with Crippen molar-refractivity contribution >= 4 is 35.7 Å². The molecular weight excluding hydrogens is 164 g/mol. The van der Waals surface area contributed by atoms with Gasteiger partial charge in [-0.1, -0.05) is 0 Å². The number of hydrogen-bond acceptors (Lipinski definition) is 4. The number of nitrogens with two attached hydrogens (primary N) is 1. The Kier molecular flexibility index (Phi) is 1.02. The van der Waals surface area contributed by atoms with Crippen molar-refractivity contribution in [2.24, 2.45) is 15.0 Å². The van der Waals surface area contributed by atoms with Crippen LogP contribution in [0.5, 0.6) is 0 Å². The van der Waals surface area contributed by atoms with Gasteiger partial charge in [0.25, 0.3) is 0 Å². The fourth-order valence-corrected chi connectivity index (χ4v) is 1.55. The highest BCUT2D eigenvalue weighted by Gasteiger charge is 2.11. The lowest BCUT2D eigenvalue weighted by molar-refractivity contribution is 1.38. The second-order valence-electron chi connectivity index (χ2n) is 2.91. The fourth-order valence-electron chi connectivity index (χ4n) is 1.55. The Morgan fingerprint density at radius 3 is 3.08 bits per heavy atom. The molecule has 0 fully saturated rings. The molecule has 0 unspecified atom stereocenters. The lowest BCUT2D eigenvalue weighted by Crippen LogP contribution is -2.23. The monoisotopic (exact) mass is 170 g/mol. The van der Waals surface area contributed by atoms with Gasteiger partial charge in [0.1, 0.15) is 17.4 Å². The number of benzene rings is 1. The zero-order chi connectivity index (χ0) is 8.84. The molecule has 2 heterocycles. The average Bonchev–Trinajstić information content (AvgIpc) is 2.66. The molecule has 1 aromatic rings. The minimum absolute atomic E-state index is 0.638. The maximum Gasteiger partial charge on any atom is 0.117 e. The third-order valence-electron chi connectivity index (χ3n) is 2.15. The quantitative estimate of drug-likeness (QED) is 0.550. The van der Waals surface area contributed by atoms with Gasteiger partial charge in [-0.25, -0.2) is 9.98 Å². The van der Waals surface area contributed by atoms with Crippen LogP contribution >= 0.6 is 0 Å². The Hall–Kier alpha value is -1.97. The van der Waals surface area contributed by atoms with Gasteiger partial charge >= 0.3 is 0 Å². The van der Waals surface area contributed by atoms with E-state index < -0.39 is 0 Å². The minimum atomic E-state index is 0.638. The summed E-state index contributed by atoms with van der Waals surface area (Å²) >= 11 is 0. The second kappa shape index (κ2) is 2.04. The lowest BCUT2D eigenvalue weighted by atomic mass is 10.2. The normalized spacial score (nSPS) is 15.1. The van der Waals surface area contributed by atoms with Crippen molar-refractivity contribution in [3.8, 4) is 0 Å². The largest absolute Gasteiger partial charge is 0.397 e. The summed E-state index contributed by atoms with van der Waals surface area (Å²) in [5.41, 5.74) is 8.07. The molecular formula is C9H6N4. The highest BCUT2D eigenvalue weighted by Crippen LogP contribution is 2.21. The Balaban J connectivity index is 2.59. The van der Waals surface area contributed by atoms with Crippen LogP contribution in [0.4, 0.5) is 17.1 Å². The molecule has 0 spiro atoms. The average molecular weight is 170 g/mol. The van der Waals surface area contributed by atoms with Crippen molar-refractivity contribution in [3.05, 3.63) is 16.6 Å². The molecule has 0 bridgehead atoms. The number of hydrogen-bond donors (Lipinski definition) is 1. The van der Waals surface area contributed by atoms with Crippen LogP contribution in [-0.4, -0.2) is 12.6 Å². The number of aliphatic imine (C=N–C) groups is 2. The predicted octanol–water partition coefficient (Wildman–Crippen LogP) is 0.0582. The smallest absolute Gasteiger partial charge is 0.117 e. The predicted molar refractivity (Wildman–Crippen MR) is 52.4 cm³/mol. The first-order valence-corrected chi connectivity index (χ1v) is 3.93. The molecule has 2 N–H and O–H groups in total. The molecule has 0 amide bonds. The molecule has 1 aromatic carbocycles. The molecule has 4 heteroatoms. The van der Waals surface area contributed by atoms with Crippen LogP contribution < -0.4 is 16.3 Å². The topological polar surface area (TPSA) is 63.1 Å². The Morgan fingerprint density at radius 1 is 1.23 bits per heavy atom. The molecule has 3 rings (SSSR count). The van der Waals surface area contributed by atoms with Crippen molar-refractivity contribution in [1.82, 2.24) is 0 Å². The van der Waals surface area contributed by atoms with Gasteiger partial charge in [0.05, 0.1) is 11.4 Å². The summed E-state index contributed by atoms with van der Waals surface area (Å²) in [5, 5.41) is 1.86. The van der Waals surface area contributed by atoms with E-state index in [4.69, 9.17) is 5.73 Å². The van der Waals surface area contributed by atoms with E-state index in [-0.39, 0.29) is 0 Å². The van der Waals surface area contributed by atoms with Gasteiger partial charge in [0.2, 0.25) is 0 Å². The first-order chi connectivity index (χ1) is 6.36. The molecule has 4 nitrogen and oxygen atoms in total. The molecule has 0 saturated carbocycles. The molecule has 2 aliphatic rings. The number of fused-ring (bicyclic) bond motifs is 3. The molecule has 13 heavy (non-hydrogen) atoms. The summed E-state index contributed by atoms with van der Waals surface area (Å²) in [6.07, 6.45) is 5.19. The van der Waals surface area contributed by atoms with E-state index in [9.17, 15) is 0 Å². The molecule has 0 atom stereocenters. The second-order valence-corrected chi connectivity index (χ2v) is 2.91. The third kappa shape index (κ3) is 0.717. The van der Waals surface area contributed by atoms with Crippen LogP contribution in [-0.2, 0) is 0 Å².